The van der Waals surface area contributed by atoms with Gasteiger partial charge in [0.1, 0.15) is 5.82 Å². The van der Waals surface area contributed by atoms with Gasteiger partial charge in [0.15, 0.2) is 0 Å². The first-order valence-electron chi connectivity index (χ1n) is 3.83. The van der Waals surface area contributed by atoms with E-state index in [2.05, 4.69) is 0 Å². The molecule has 0 aliphatic rings. The van der Waals surface area contributed by atoms with E-state index in [1.165, 1.54) is 12.1 Å². The highest BCUT2D eigenvalue weighted by atomic mass is 19.1. The first kappa shape index (κ1) is 9.16. The summed E-state index contributed by atoms with van der Waals surface area (Å²) < 4.78 is 12.4. The highest BCUT2D eigenvalue weighted by Gasteiger charge is 2.01. The number of aliphatic hydroxyl groups is 1. The van der Waals surface area contributed by atoms with E-state index in [1.807, 2.05) is 0 Å². The molecule has 0 saturated heterocycles. The normalized spacial score (nSPS) is 12.9. The van der Waals surface area contributed by atoms with Gasteiger partial charge in [0.05, 0.1) is 6.61 Å². The summed E-state index contributed by atoms with van der Waals surface area (Å²) in [6, 6.07) is 5.87. The van der Waals surface area contributed by atoms with Crippen molar-refractivity contribution in [3.8, 4) is 0 Å². The maximum atomic E-state index is 12.4. The maximum absolute atomic E-state index is 12.4. The van der Waals surface area contributed by atoms with E-state index >= 15 is 0 Å². The van der Waals surface area contributed by atoms with Gasteiger partial charge in [-0.1, -0.05) is 12.1 Å². The lowest BCUT2D eigenvalue weighted by Crippen LogP contribution is -2.26. The molecule has 1 aromatic rings. The largest absolute Gasteiger partial charge is 0.395 e. The second-order valence-electron chi connectivity index (χ2n) is 2.77. The minimum absolute atomic E-state index is 0.0443. The highest BCUT2D eigenvalue weighted by molar-refractivity contribution is 5.16. The van der Waals surface area contributed by atoms with E-state index in [0.29, 0.717) is 6.42 Å². The molecular weight excluding hydrogens is 157 g/mol. The molecule has 0 radical (unpaired) electrons. The average Bonchev–Trinajstić information content (AvgIpc) is 2.09. The second kappa shape index (κ2) is 4.18. The van der Waals surface area contributed by atoms with E-state index < -0.39 is 0 Å². The molecule has 0 heterocycles. The minimum Gasteiger partial charge on any atom is -0.395 e. The Morgan fingerprint density at radius 2 is 1.92 bits per heavy atom. The third kappa shape index (κ3) is 2.60. The second-order valence-corrected chi connectivity index (χ2v) is 2.77. The molecule has 3 heteroatoms. The van der Waals surface area contributed by atoms with Crippen molar-refractivity contribution in [3.05, 3.63) is 35.6 Å². The molecule has 0 fully saturated rings. The number of nitrogens with two attached hydrogens (primary N) is 1. The molecule has 1 rings (SSSR count). The van der Waals surface area contributed by atoms with Gasteiger partial charge in [0.2, 0.25) is 0 Å². The lowest BCUT2D eigenvalue weighted by atomic mass is 10.1. The van der Waals surface area contributed by atoms with Crippen molar-refractivity contribution in [1.29, 1.82) is 0 Å². The molecule has 1 atom stereocenters. The Morgan fingerprint density at radius 1 is 1.33 bits per heavy atom. The third-order valence-electron chi connectivity index (χ3n) is 1.65. The van der Waals surface area contributed by atoms with Gasteiger partial charge >= 0.3 is 0 Å². The third-order valence-corrected chi connectivity index (χ3v) is 1.65. The number of halogens is 1. The lowest BCUT2D eigenvalue weighted by Gasteiger charge is -2.06. The van der Waals surface area contributed by atoms with Crippen LogP contribution >= 0.6 is 0 Å². The molecule has 0 spiro atoms. The molecule has 1 aromatic carbocycles. The molecule has 12 heavy (non-hydrogen) atoms. The van der Waals surface area contributed by atoms with Crippen molar-refractivity contribution >= 4 is 0 Å². The predicted molar refractivity (Wildman–Crippen MR) is 45.2 cm³/mol. The van der Waals surface area contributed by atoms with Gasteiger partial charge in [0.25, 0.3) is 0 Å². The molecule has 3 N–H and O–H groups in total. The fourth-order valence-corrected chi connectivity index (χ4v) is 0.988. The summed E-state index contributed by atoms with van der Waals surface area (Å²) in [6.45, 7) is -0.0443. The Morgan fingerprint density at radius 3 is 2.42 bits per heavy atom. The van der Waals surface area contributed by atoms with Crippen molar-refractivity contribution in [2.24, 2.45) is 5.73 Å². The molecule has 0 saturated carbocycles. The van der Waals surface area contributed by atoms with E-state index in [-0.39, 0.29) is 18.5 Å². The smallest absolute Gasteiger partial charge is 0.123 e. The van der Waals surface area contributed by atoms with Crippen LogP contribution in [0.25, 0.3) is 0 Å². The number of rotatable bonds is 3. The zero-order valence-electron chi connectivity index (χ0n) is 6.70. The molecule has 0 amide bonds. The standard InChI is InChI=1S/C9H12FNO/c10-8-3-1-7(2-4-8)5-9(11)6-12/h1-4,9,12H,5-6,11H2/t9-/m1/s1. The Labute approximate surface area is 70.8 Å². The first-order chi connectivity index (χ1) is 5.72. The fraction of sp³-hybridized carbons (Fsp3) is 0.333. The quantitative estimate of drug-likeness (QED) is 0.699. The van der Waals surface area contributed by atoms with Crippen molar-refractivity contribution in [2.75, 3.05) is 6.61 Å². The number of hydrogen-bond acceptors (Lipinski definition) is 2. The summed E-state index contributed by atoms with van der Waals surface area (Å²) in [6.07, 6.45) is 0.580. The topological polar surface area (TPSA) is 46.2 Å². The van der Waals surface area contributed by atoms with Gasteiger partial charge in [-0.25, -0.2) is 4.39 Å². The van der Waals surface area contributed by atoms with Gasteiger partial charge in [0, 0.05) is 6.04 Å². The number of aliphatic hydroxyl groups excluding tert-OH is 1. The summed E-state index contributed by atoms with van der Waals surface area (Å²) in [5.41, 5.74) is 6.44. The van der Waals surface area contributed by atoms with Crippen molar-refractivity contribution in [1.82, 2.24) is 0 Å². The van der Waals surface area contributed by atoms with Crippen LogP contribution in [0.5, 0.6) is 0 Å². The summed E-state index contributed by atoms with van der Waals surface area (Å²) in [5.74, 6) is -0.253. The van der Waals surface area contributed by atoms with E-state index in [0.717, 1.165) is 5.56 Å². The Hall–Kier alpha value is -0.930. The molecule has 0 aliphatic heterocycles. The van der Waals surface area contributed by atoms with Gasteiger partial charge in [-0.2, -0.15) is 0 Å². The van der Waals surface area contributed by atoms with Crippen LogP contribution < -0.4 is 5.73 Å². The van der Waals surface area contributed by atoms with Crippen LogP contribution in [-0.4, -0.2) is 17.8 Å². The summed E-state index contributed by atoms with van der Waals surface area (Å²) in [5, 5.41) is 8.65. The number of hydrogen-bond donors (Lipinski definition) is 2. The molecular formula is C9H12FNO. The molecule has 0 aromatic heterocycles. The molecule has 0 unspecified atom stereocenters. The van der Waals surface area contributed by atoms with Crippen LogP contribution in [0.15, 0.2) is 24.3 Å². The predicted octanol–water partition coefficient (Wildman–Crippen LogP) is 0.688. The van der Waals surface area contributed by atoms with Crippen LogP contribution in [0.3, 0.4) is 0 Å². The van der Waals surface area contributed by atoms with Crippen LogP contribution in [-0.2, 0) is 6.42 Å². The highest BCUT2D eigenvalue weighted by Crippen LogP contribution is 2.04. The maximum Gasteiger partial charge on any atom is 0.123 e. The molecule has 0 bridgehead atoms. The van der Waals surface area contributed by atoms with E-state index in [4.69, 9.17) is 10.8 Å². The van der Waals surface area contributed by atoms with Crippen molar-refractivity contribution in [3.63, 3.8) is 0 Å². The number of benzene rings is 1. The zero-order valence-corrected chi connectivity index (χ0v) is 6.70. The van der Waals surface area contributed by atoms with Crippen LogP contribution in [0, 0.1) is 5.82 Å². The summed E-state index contributed by atoms with van der Waals surface area (Å²) in [7, 11) is 0. The van der Waals surface area contributed by atoms with Crippen molar-refractivity contribution < 1.29 is 9.50 Å². The lowest BCUT2D eigenvalue weighted by molar-refractivity contribution is 0.265. The first-order valence-corrected chi connectivity index (χ1v) is 3.83. The van der Waals surface area contributed by atoms with Crippen LogP contribution in [0.4, 0.5) is 4.39 Å². The van der Waals surface area contributed by atoms with Crippen molar-refractivity contribution in [2.45, 2.75) is 12.5 Å². The zero-order chi connectivity index (χ0) is 8.97. The Kier molecular flexibility index (Phi) is 3.19. The monoisotopic (exact) mass is 169 g/mol. The Bertz CT molecular complexity index is 235. The van der Waals surface area contributed by atoms with Gasteiger partial charge in [-0.15, -0.1) is 0 Å². The molecule has 0 aliphatic carbocycles. The fourth-order valence-electron chi connectivity index (χ4n) is 0.988. The van der Waals surface area contributed by atoms with Crippen LogP contribution in [0.2, 0.25) is 0 Å². The average molecular weight is 169 g/mol. The molecule has 2 nitrogen and oxygen atoms in total. The summed E-state index contributed by atoms with van der Waals surface area (Å²) >= 11 is 0. The summed E-state index contributed by atoms with van der Waals surface area (Å²) in [4.78, 5) is 0. The van der Waals surface area contributed by atoms with Crippen LogP contribution in [0.1, 0.15) is 5.56 Å². The minimum atomic E-state index is -0.254. The SMILES string of the molecule is N[C@@H](CO)Cc1ccc(F)cc1. The molecule has 66 valence electrons. The van der Waals surface area contributed by atoms with Gasteiger partial charge < -0.3 is 10.8 Å². The van der Waals surface area contributed by atoms with Gasteiger partial charge in [-0.05, 0) is 24.1 Å². The van der Waals surface area contributed by atoms with E-state index in [1.54, 1.807) is 12.1 Å². The van der Waals surface area contributed by atoms with E-state index in [9.17, 15) is 4.39 Å². The Balaban J connectivity index is 2.58. The van der Waals surface area contributed by atoms with Gasteiger partial charge in [-0.3, -0.25) is 0 Å².